The predicted octanol–water partition coefficient (Wildman–Crippen LogP) is 0.260. The smallest absolute Gasteiger partial charge is 0.306 e. The first-order valence-electron chi connectivity index (χ1n) is 5.88. The van der Waals surface area contributed by atoms with Gasteiger partial charge in [0.25, 0.3) is 10.2 Å². The molecule has 6 nitrogen and oxygen atoms in total. The molecule has 0 spiro atoms. The van der Waals surface area contributed by atoms with Gasteiger partial charge in [0, 0.05) is 19.6 Å². The van der Waals surface area contributed by atoms with Crippen LogP contribution in [0.15, 0.2) is 0 Å². The Morgan fingerprint density at radius 3 is 2.35 bits per heavy atom. The van der Waals surface area contributed by atoms with E-state index < -0.39 is 16.2 Å². The van der Waals surface area contributed by atoms with Crippen LogP contribution in [0.4, 0.5) is 0 Å². The van der Waals surface area contributed by atoms with Gasteiger partial charge in [-0.2, -0.15) is 12.7 Å². The Morgan fingerprint density at radius 1 is 1.24 bits per heavy atom. The average Bonchev–Trinajstić information content (AvgIpc) is 2.57. The molecule has 1 heterocycles. The van der Waals surface area contributed by atoms with Crippen LogP contribution in [-0.2, 0) is 19.7 Å². The number of nitrogens with zero attached hydrogens (tertiary/aromatic N) is 1. The lowest BCUT2D eigenvalue weighted by molar-refractivity contribution is -0.140. The summed E-state index contributed by atoms with van der Waals surface area (Å²) in [5.41, 5.74) is 0. The highest BCUT2D eigenvalue weighted by Crippen LogP contribution is 2.12. The van der Waals surface area contributed by atoms with Gasteiger partial charge in [0.1, 0.15) is 0 Å². The molecule has 0 saturated carbocycles. The third-order valence-electron chi connectivity index (χ3n) is 2.75. The maximum atomic E-state index is 11.9. The van der Waals surface area contributed by atoms with E-state index in [2.05, 4.69) is 9.46 Å². The van der Waals surface area contributed by atoms with Crippen LogP contribution >= 0.6 is 0 Å². The number of carbonyl (C=O) groups is 1. The van der Waals surface area contributed by atoms with Gasteiger partial charge in [0.2, 0.25) is 0 Å². The SMILES string of the molecule is COC(=O)CCNS(=O)(=O)N1CCCCCC1. The maximum Gasteiger partial charge on any atom is 0.306 e. The molecule has 0 aromatic heterocycles. The third kappa shape index (κ3) is 5.01. The highest BCUT2D eigenvalue weighted by Gasteiger charge is 2.22. The zero-order valence-corrected chi connectivity index (χ0v) is 11.0. The zero-order valence-electron chi connectivity index (χ0n) is 10.1. The summed E-state index contributed by atoms with van der Waals surface area (Å²) in [6, 6.07) is 0. The van der Waals surface area contributed by atoms with Crippen molar-refractivity contribution in [1.82, 2.24) is 9.03 Å². The molecule has 1 rings (SSSR count). The quantitative estimate of drug-likeness (QED) is 0.723. The summed E-state index contributed by atoms with van der Waals surface area (Å²) >= 11 is 0. The van der Waals surface area contributed by atoms with Crippen LogP contribution in [0.2, 0.25) is 0 Å². The fourth-order valence-corrected chi connectivity index (χ4v) is 3.04. The lowest BCUT2D eigenvalue weighted by Crippen LogP contribution is -2.41. The average molecular weight is 264 g/mol. The minimum atomic E-state index is -3.44. The van der Waals surface area contributed by atoms with Crippen LogP contribution in [-0.4, -0.2) is 45.4 Å². The summed E-state index contributed by atoms with van der Waals surface area (Å²) in [6.07, 6.45) is 4.02. The highest BCUT2D eigenvalue weighted by atomic mass is 32.2. The molecule has 1 N–H and O–H groups in total. The van der Waals surface area contributed by atoms with E-state index >= 15 is 0 Å². The van der Waals surface area contributed by atoms with Crippen molar-refractivity contribution < 1.29 is 17.9 Å². The monoisotopic (exact) mass is 264 g/mol. The van der Waals surface area contributed by atoms with Gasteiger partial charge in [0.05, 0.1) is 13.5 Å². The lowest BCUT2D eigenvalue weighted by Gasteiger charge is -2.19. The number of esters is 1. The van der Waals surface area contributed by atoms with Crippen LogP contribution in [0.1, 0.15) is 32.1 Å². The zero-order chi connectivity index (χ0) is 12.7. The van der Waals surface area contributed by atoms with Gasteiger partial charge in [0.15, 0.2) is 0 Å². The van der Waals surface area contributed by atoms with Gasteiger partial charge in [-0.25, -0.2) is 4.72 Å². The Bertz CT molecular complexity index is 334. The first-order valence-corrected chi connectivity index (χ1v) is 7.32. The number of carbonyl (C=O) groups excluding carboxylic acids is 1. The number of ether oxygens (including phenoxy) is 1. The van der Waals surface area contributed by atoms with Gasteiger partial charge < -0.3 is 4.74 Å². The predicted molar refractivity (Wildman–Crippen MR) is 63.6 cm³/mol. The molecular weight excluding hydrogens is 244 g/mol. The standard InChI is InChI=1S/C10H20N2O4S/c1-16-10(13)6-7-11-17(14,15)12-8-4-2-3-5-9-12/h11H,2-9H2,1H3. The molecule has 7 heteroatoms. The van der Waals surface area contributed by atoms with Crippen LogP contribution < -0.4 is 4.72 Å². The van der Waals surface area contributed by atoms with Gasteiger partial charge in [-0.05, 0) is 12.8 Å². The Kier molecular flexibility index (Phi) is 5.87. The van der Waals surface area contributed by atoms with Gasteiger partial charge >= 0.3 is 5.97 Å². The third-order valence-corrected chi connectivity index (χ3v) is 4.36. The van der Waals surface area contributed by atoms with Gasteiger partial charge in [-0.1, -0.05) is 12.8 Å². The highest BCUT2D eigenvalue weighted by molar-refractivity contribution is 7.87. The van der Waals surface area contributed by atoms with Crippen LogP contribution in [0.25, 0.3) is 0 Å². The van der Waals surface area contributed by atoms with E-state index in [0.29, 0.717) is 13.1 Å². The van der Waals surface area contributed by atoms with Crippen molar-refractivity contribution in [2.24, 2.45) is 0 Å². The van der Waals surface area contributed by atoms with E-state index in [0.717, 1.165) is 25.7 Å². The van der Waals surface area contributed by atoms with E-state index in [4.69, 9.17) is 0 Å². The summed E-state index contributed by atoms with van der Waals surface area (Å²) in [5, 5.41) is 0. The molecule has 0 radical (unpaired) electrons. The fourth-order valence-electron chi connectivity index (χ4n) is 1.76. The molecule has 1 aliphatic rings. The van der Waals surface area contributed by atoms with E-state index in [1.54, 1.807) is 0 Å². The van der Waals surface area contributed by atoms with Crippen LogP contribution in [0.3, 0.4) is 0 Å². The summed E-state index contributed by atoms with van der Waals surface area (Å²) in [7, 11) is -2.15. The molecule has 1 aliphatic heterocycles. The Morgan fingerprint density at radius 2 is 1.82 bits per heavy atom. The summed E-state index contributed by atoms with van der Waals surface area (Å²) in [5.74, 6) is -0.413. The van der Waals surface area contributed by atoms with Crippen molar-refractivity contribution in [3.63, 3.8) is 0 Å². The molecular formula is C10H20N2O4S. The van der Waals surface area contributed by atoms with Crippen LogP contribution in [0.5, 0.6) is 0 Å². The molecule has 0 aliphatic carbocycles. The second-order valence-electron chi connectivity index (χ2n) is 4.04. The molecule has 0 atom stereocenters. The number of hydrogen-bond acceptors (Lipinski definition) is 4. The summed E-state index contributed by atoms with van der Waals surface area (Å²) < 4.78 is 32.1. The minimum Gasteiger partial charge on any atom is -0.469 e. The second-order valence-corrected chi connectivity index (χ2v) is 5.79. The molecule has 17 heavy (non-hydrogen) atoms. The van der Waals surface area contributed by atoms with Crippen molar-refractivity contribution >= 4 is 16.2 Å². The summed E-state index contributed by atoms with van der Waals surface area (Å²) in [6.45, 7) is 1.21. The van der Waals surface area contributed by atoms with E-state index in [9.17, 15) is 13.2 Å². The van der Waals surface area contributed by atoms with Crippen molar-refractivity contribution in [2.45, 2.75) is 32.1 Å². The maximum absolute atomic E-state index is 11.9. The Hall–Kier alpha value is -0.660. The van der Waals surface area contributed by atoms with Crippen LogP contribution in [0, 0.1) is 0 Å². The van der Waals surface area contributed by atoms with Gasteiger partial charge in [-0.3, -0.25) is 4.79 Å². The number of hydrogen-bond donors (Lipinski definition) is 1. The number of nitrogens with one attached hydrogen (secondary N) is 1. The van der Waals surface area contributed by atoms with E-state index in [1.165, 1.54) is 11.4 Å². The first-order chi connectivity index (χ1) is 8.06. The van der Waals surface area contributed by atoms with E-state index in [-0.39, 0.29) is 13.0 Å². The first kappa shape index (κ1) is 14.4. The Balaban J connectivity index is 2.41. The van der Waals surface area contributed by atoms with Crippen molar-refractivity contribution in [3.8, 4) is 0 Å². The molecule has 0 aromatic rings. The van der Waals surface area contributed by atoms with E-state index in [1.807, 2.05) is 0 Å². The topological polar surface area (TPSA) is 75.7 Å². The molecule has 0 amide bonds. The van der Waals surface area contributed by atoms with Crippen molar-refractivity contribution in [2.75, 3.05) is 26.7 Å². The van der Waals surface area contributed by atoms with Crippen molar-refractivity contribution in [1.29, 1.82) is 0 Å². The molecule has 0 unspecified atom stereocenters. The molecule has 1 saturated heterocycles. The van der Waals surface area contributed by atoms with Crippen molar-refractivity contribution in [3.05, 3.63) is 0 Å². The number of rotatable bonds is 5. The van der Waals surface area contributed by atoms with Gasteiger partial charge in [-0.15, -0.1) is 0 Å². The molecule has 1 fully saturated rings. The molecule has 100 valence electrons. The molecule has 0 aromatic carbocycles. The molecule has 0 bridgehead atoms. The second kappa shape index (κ2) is 6.93. The Labute approximate surface area is 102 Å². The minimum absolute atomic E-state index is 0.0591. The normalized spacial score (nSPS) is 18.6. The summed E-state index contributed by atoms with van der Waals surface area (Å²) in [4.78, 5) is 10.9. The largest absolute Gasteiger partial charge is 0.469 e. The fraction of sp³-hybridized carbons (Fsp3) is 0.900. The number of methoxy groups -OCH3 is 1. The lowest BCUT2D eigenvalue weighted by atomic mass is 10.2.